The van der Waals surface area contributed by atoms with Crippen molar-refractivity contribution in [2.45, 2.75) is 32.7 Å². The van der Waals surface area contributed by atoms with Gasteiger partial charge in [0.2, 0.25) is 0 Å². The first kappa shape index (κ1) is 9.38. The van der Waals surface area contributed by atoms with Gasteiger partial charge in [0, 0.05) is 12.6 Å². The summed E-state index contributed by atoms with van der Waals surface area (Å²) in [5.41, 5.74) is 9.63. The molecule has 1 heterocycles. The standard InChI is InChI=1S/C12H18N2/c1-9(2)14-8-4-6-10-5-3-7-11(13)12(10)14/h3,5,7,9H,4,6,8,13H2,1-2H3. The first-order valence-electron chi connectivity index (χ1n) is 5.34. The number of rotatable bonds is 1. The first-order chi connectivity index (χ1) is 6.70. The highest BCUT2D eigenvalue weighted by Crippen LogP contribution is 2.33. The van der Waals surface area contributed by atoms with E-state index in [2.05, 4.69) is 30.9 Å². The highest BCUT2D eigenvalue weighted by atomic mass is 15.2. The molecule has 0 aliphatic carbocycles. The molecule has 0 atom stereocenters. The van der Waals surface area contributed by atoms with E-state index >= 15 is 0 Å². The van der Waals surface area contributed by atoms with Crippen molar-refractivity contribution in [2.24, 2.45) is 0 Å². The fourth-order valence-electron chi connectivity index (χ4n) is 2.23. The summed E-state index contributed by atoms with van der Waals surface area (Å²) < 4.78 is 0. The van der Waals surface area contributed by atoms with E-state index in [-0.39, 0.29) is 0 Å². The summed E-state index contributed by atoms with van der Waals surface area (Å²) in [6, 6.07) is 6.79. The molecular weight excluding hydrogens is 172 g/mol. The van der Waals surface area contributed by atoms with Crippen LogP contribution in [0.3, 0.4) is 0 Å². The van der Waals surface area contributed by atoms with E-state index in [9.17, 15) is 0 Å². The highest BCUT2D eigenvalue weighted by molar-refractivity contribution is 5.72. The van der Waals surface area contributed by atoms with E-state index in [0.29, 0.717) is 6.04 Å². The number of nitrogens with two attached hydrogens (primary N) is 1. The molecule has 0 fully saturated rings. The van der Waals surface area contributed by atoms with Crippen LogP contribution in [0.4, 0.5) is 11.4 Å². The number of hydrogen-bond acceptors (Lipinski definition) is 2. The van der Waals surface area contributed by atoms with E-state index in [1.807, 2.05) is 6.07 Å². The van der Waals surface area contributed by atoms with E-state index < -0.39 is 0 Å². The maximum Gasteiger partial charge on any atom is 0.0634 e. The fourth-order valence-corrected chi connectivity index (χ4v) is 2.23. The van der Waals surface area contributed by atoms with Gasteiger partial charge in [0.15, 0.2) is 0 Å². The summed E-state index contributed by atoms with van der Waals surface area (Å²) in [7, 11) is 0. The quantitative estimate of drug-likeness (QED) is 0.689. The van der Waals surface area contributed by atoms with Gasteiger partial charge in [-0.2, -0.15) is 0 Å². The van der Waals surface area contributed by atoms with Crippen LogP contribution in [0, 0.1) is 0 Å². The Morgan fingerprint density at radius 1 is 1.36 bits per heavy atom. The van der Waals surface area contributed by atoms with E-state index in [0.717, 1.165) is 12.2 Å². The van der Waals surface area contributed by atoms with Gasteiger partial charge in [0.1, 0.15) is 0 Å². The maximum atomic E-state index is 6.03. The average molecular weight is 190 g/mol. The summed E-state index contributed by atoms with van der Waals surface area (Å²) in [5.74, 6) is 0. The smallest absolute Gasteiger partial charge is 0.0634 e. The predicted octanol–water partition coefficient (Wildman–Crippen LogP) is 2.43. The van der Waals surface area contributed by atoms with Crippen LogP contribution in [0.25, 0.3) is 0 Å². The van der Waals surface area contributed by atoms with E-state index in [4.69, 9.17) is 5.73 Å². The Kier molecular flexibility index (Phi) is 2.36. The van der Waals surface area contributed by atoms with E-state index in [1.54, 1.807) is 0 Å². The Morgan fingerprint density at radius 2 is 2.14 bits per heavy atom. The highest BCUT2D eigenvalue weighted by Gasteiger charge is 2.20. The van der Waals surface area contributed by atoms with Crippen LogP contribution in [0.15, 0.2) is 18.2 Å². The lowest BCUT2D eigenvalue weighted by Gasteiger charge is -2.35. The molecule has 2 rings (SSSR count). The minimum atomic E-state index is 0.541. The van der Waals surface area contributed by atoms with Crippen molar-refractivity contribution in [3.05, 3.63) is 23.8 Å². The van der Waals surface area contributed by atoms with Gasteiger partial charge in [-0.25, -0.2) is 0 Å². The Morgan fingerprint density at radius 3 is 2.86 bits per heavy atom. The van der Waals surface area contributed by atoms with Gasteiger partial charge in [-0.1, -0.05) is 12.1 Å². The molecule has 2 nitrogen and oxygen atoms in total. The summed E-state index contributed by atoms with van der Waals surface area (Å²) >= 11 is 0. The molecule has 0 saturated heterocycles. The number of benzene rings is 1. The lowest BCUT2D eigenvalue weighted by molar-refractivity contribution is 0.627. The van der Waals surface area contributed by atoms with Crippen molar-refractivity contribution in [1.29, 1.82) is 0 Å². The number of anilines is 2. The number of fused-ring (bicyclic) bond motifs is 1. The average Bonchev–Trinajstić information content (AvgIpc) is 2.17. The second-order valence-electron chi connectivity index (χ2n) is 4.25. The van der Waals surface area contributed by atoms with Gasteiger partial charge in [-0.3, -0.25) is 0 Å². The number of nitrogens with zero attached hydrogens (tertiary/aromatic N) is 1. The molecular formula is C12H18N2. The number of hydrogen-bond donors (Lipinski definition) is 1. The van der Waals surface area contributed by atoms with Crippen LogP contribution in [0.2, 0.25) is 0 Å². The summed E-state index contributed by atoms with van der Waals surface area (Å²) in [6.07, 6.45) is 2.41. The third-order valence-electron chi connectivity index (χ3n) is 2.91. The number of nitrogen functional groups attached to an aromatic ring is 1. The van der Waals surface area contributed by atoms with Crippen LogP contribution >= 0.6 is 0 Å². The fraction of sp³-hybridized carbons (Fsp3) is 0.500. The van der Waals surface area contributed by atoms with Gasteiger partial charge in [0.25, 0.3) is 0 Å². The zero-order valence-electron chi connectivity index (χ0n) is 8.96. The molecule has 0 spiro atoms. The second kappa shape index (κ2) is 3.52. The Bertz CT molecular complexity index is 331. The molecule has 1 aromatic carbocycles. The normalized spacial score (nSPS) is 15.8. The summed E-state index contributed by atoms with van der Waals surface area (Å²) in [5, 5.41) is 0. The lowest BCUT2D eigenvalue weighted by Crippen LogP contribution is -2.35. The van der Waals surface area contributed by atoms with Gasteiger partial charge in [-0.15, -0.1) is 0 Å². The minimum Gasteiger partial charge on any atom is -0.397 e. The number of aryl methyl sites for hydroxylation is 1. The monoisotopic (exact) mass is 190 g/mol. The SMILES string of the molecule is CC(C)N1CCCc2cccc(N)c21. The molecule has 1 aromatic rings. The van der Waals surface area contributed by atoms with Crippen LogP contribution in [0.5, 0.6) is 0 Å². The Hall–Kier alpha value is -1.18. The summed E-state index contributed by atoms with van der Waals surface area (Å²) in [4.78, 5) is 2.41. The summed E-state index contributed by atoms with van der Waals surface area (Å²) in [6.45, 7) is 5.59. The van der Waals surface area contributed by atoms with Gasteiger partial charge in [0.05, 0.1) is 11.4 Å². The molecule has 2 N–H and O–H groups in total. The van der Waals surface area contributed by atoms with Crippen molar-refractivity contribution >= 4 is 11.4 Å². The molecule has 0 saturated carbocycles. The predicted molar refractivity (Wildman–Crippen MR) is 61.7 cm³/mol. The topological polar surface area (TPSA) is 29.3 Å². The van der Waals surface area contributed by atoms with Gasteiger partial charge < -0.3 is 10.6 Å². The number of para-hydroxylation sites is 1. The zero-order valence-corrected chi connectivity index (χ0v) is 8.96. The molecule has 0 radical (unpaired) electrons. The van der Waals surface area contributed by atoms with Crippen LogP contribution in [-0.4, -0.2) is 12.6 Å². The van der Waals surface area contributed by atoms with Crippen LogP contribution < -0.4 is 10.6 Å². The molecule has 14 heavy (non-hydrogen) atoms. The van der Waals surface area contributed by atoms with Crippen molar-refractivity contribution in [3.63, 3.8) is 0 Å². The Balaban J connectivity index is 2.47. The third-order valence-corrected chi connectivity index (χ3v) is 2.91. The molecule has 0 amide bonds. The zero-order chi connectivity index (χ0) is 10.1. The molecule has 2 heteroatoms. The molecule has 0 bridgehead atoms. The van der Waals surface area contributed by atoms with Gasteiger partial charge >= 0.3 is 0 Å². The Labute approximate surface area is 85.7 Å². The molecule has 76 valence electrons. The maximum absolute atomic E-state index is 6.03. The lowest BCUT2D eigenvalue weighted by atomic mass is 9.99. The molecule has 0 unspecified atom stereocenters. The van der Waals surface area contributed by atoms with Crippen molar-refractivity contribution < 1.29 is 0 Å². The largest absolute Gasteiger partial charge is 0.397 e. The van der Waals surface area contributed by atoms with Crippen LogP contribution in [-0.2, 0) is 6.42 Å². The van der Waals surface area contributed by atoms with Crippen LogP contribution in [0.1, 0.15) is 25.8 Å². The molecule has 0 aromatic heterocycles. The third kappa shape index (κ3) is 1.45. The molecule has 1 aliphatic rings. The van der Waals surface area contributed by atoms with Crippen molar-refractivity contribution in [3.8, 4) is 0 Å². The minimum absolute atomic E-state index is 0.541. The van der Waals surface area contributed by atoms with Crippen molar-refractivity contribution in [2.75, 3.05) is 17.2 Å². The van der Waals surface area contributed by atoms with Gasteiger partial charge in [-0.05, 0) is 38.3 Å². The molecule has 1 aliphatic heterocycles. The second-order valence-corrected chi connectivity index (χ2v) is 4.25. The first-order valence-corrected chi connectivity index (χ1v) is 5.34. The van der Waals surface area contributed by atoms with Crippen molar-refractivity contribution in [1.82, 2.24) is 0 Å². The van der Waals surface area contributed by atoms with E-state index in [1.165, 1.54) is 24.1 Å².